The van der Waals surface area contributed by atoms with E-state index in [4.69, 9.17) is 0 Å². The molecule has 22 heavy (non-hydrogen) atoms. The minimum absolute atomic E-state index is 0.0398. The highest BCUT2D eigenvalue weighted by Gasteiger charge is 2.62. The first-order valence-electron chi connectivity index (χ1n) is 6.98. The third-order valence-corrected chi connectivity index (χ3v) is 4.33. The highest BCUT2D eigenvalue weighted by Crippen LogP contribution is 2.45. The lowest BCUT2D eigenvalue weighted by Gasteiger charge is -2.19. The Morgan fingerprint density at radius 2 is 1.95 bits per heavy atom. The number of nitrogens with zero attached hydrogens (tertiary/aromatic N) is 2. The standard InChI is InChI=1S/C16H16N2O4/c1-9-4-6-10(7-5-9)18-13(19)11-12(14(20)22-3)17-8-16(11,2)15(18)21/h4-7,11H,8H2,1-3H3. The van der Waals surface area contributed by atoms with Crippen molar-refractivity contribution in [3.05, 3.63) is 29.8 Å². The van der Waals surface area contributed by atoms with Gasteiger partial charge in [-0.3, -0.25) is 14.6 Å². The number of benzene rings is 1. The van der Waals surface area contributed by atoms with Gasteiger partial charge in [0, 0.05) is 0 Å². The molecule has 2 aliphatic rings. The lowest BCUT2D eigenvalue weighted by atomic mass is 9.79. The molecule has 2 unspecified atom stereocenters. The summed E-state index contributed by atoms with van der Waals surface area (Å²) in [6.45, 7) is 3.72. The molecule has 2 aliphatic heterocycles. The van der Waals surface area contributed by atoms with E-state index in [0.717, 1.165) is 10.5 Å². The van der Waals surface area contributed by atoms with Gasteiger partial charge in [0.05, 0.1) is 24.8 Å². The molecule has 1 fully saturated rings. The van der Waals surface area contributed by atoms with Crippen molar-refractivity contribution in [2.24, 2.45) is 16.3 Å². The van der Waals surface area contributed by atoms with Crippen LogP contribution in [0, 0.1) is 18.3 Å². The first kappa shape index (κ1) is 14.4. The van der Waals surface area contributed by atoms with Gasteiger partial charge in [0.1, 0.15) is 11.6 Å². The number of aryl methyl sites for hydroxylation is 1. The van der Waals surface area contributed by atoms with Crippen LogP contribution in [0.2, 0.25) is 0 Å². The Labute approximate surface area is 127 Å². The average Bonchev–Trinajstić information content (AvgIpc) is 2.95. The topological polar surface area (TPSA) is 76.0 Å². The summed E-state index contributed by atoms with van der Waals surface area (Å²) in [5.41, 5.74) is 0.579. The van der Waals surface area contributed by atoms with Crippen LogP contribution in [-0.2, 0) is 19.1 Å². The van der Waals surface area contributed by atoms with Gasteiger partial charge in [0.2, 0.25) is 11.8 Å². The summed E-state index contributed by atoms with van der Waals surface area (Å²) in [5.74, 6) is -2.26. The van der Waals surface area contributed by atoms with Crippen molar-refractivity contribution >= 4 is 29.2 Å². The number of imide groups is 1. The van der Waals surface area contributed by atoms with Crippen molar-refractivity contribution in [1.82, 2.24) is 0 Å². The number of ether oxygens (including phenoxy) is 1. The van der Waals surface area contributed by atoms with Crippen LogP contribution >= 0.6 is 0 Å². The van der Waals surface area contributed by atoms with Crippen molar-refractivity contribution in [3.63, 3.8) is 0 Å². The summed E-state index contributed by atoms with van der Waals surface area (Å²) in [5, 5.41) is 0. The van der Waals surface area contributed by atoms with Crippen LogP contribution < -0.4 is 4.90 Å². The number of amides is 2. The summed E-state index contributed by atoms with van der Waals surface area (Å²) in [4.78, 5) is 42.5. The van der Waals surface area contributed by atoms with Gasteiger partial charge in [-0.15, -0.1) is 0 Å². The smallest absolute Gasteiger partial charge is 0.352 e. The molecule has 0 spiro atoms. The molecule has 1 saturated heterocycles. The van der Waals surface area contributed by atoms with E-state index < -0.39 is 23.2 Å². The van der Waals surface area contributed by atoms with Gasteiger partial charge in [-0.05, 0) is 26.0 Å². The number of methoxy groups -OCH3 is 1. The van der Waals surface area contributed by atoms with Crippen molar-refractivity contribution in [1.29, 1.82) is 0 Å². The molecule has 2 heterocycles. The number of hydrogen-bond acceptors (Lipinski definition) is 5. The molecule has 0 aromatic heterocycles. The molecule has 2 amide bonds. The van der Waals surface area contributed by atoms with Crippen LogP contribution in [0.3, 0.4) is 0 Å². The molecule has 0 radical (unpaired) electrons. The fourth-order valence-corrected chi connectivity index (χ4v) is 3.02. The number of rotatable bonds is 2. The van der Waals surface area contributed by atoms with Crippen molar-refractivity contribution < 1.29 is 19.1 Å². The quantitative estimate of drug-likeness (QED) is 0.606. The van der Waals surface area contributed by atoms with Crippen molar-refractivity contribution in [2.75, 3.05) is 18.6 Å². The van der Waals surface area contributed by atoms with Gasteiger partial charge in [0.15, 0.2) is 0 Å². The van der Waals surface area contributed by atoms with E-state index in [0.29, 0.717) is 5.69 Å². The van der Waals surface area contributed by atoms with E-state index in [-0.39, 0.29) is 18.2 Å². The second-order valence-electron chi connectivity index (χ2n) is 5.86. The van der Waals surface area contributed by atoms with E-state index in [2.05, 4.69) is 9.73 Å². The van der Waals surface area contributed by atoms with E-state index in [1.165, 1.54) is 7.11 Å². The molecule has 3 rings (SSSR count). The molecule has 1 aromatic carbocycles. The highest BCUT2D eigenvalue weighted by molar-refractivity contribution is 6.46. The largest absolute Gasteiger partial charge is 0.465 e. The zero-order chi connectivity index (χ0) is 16.1. The van der Waals surface area contributed by atoms with Crippen molar-refractivity contribution in [2.45, 2.75) is 13.8 Å². The molecule has 2 atom stereocenters. The predicted molar refractivity (Wildman–Crippen MR) is 79.6 cm³/mol. The first-order valence-corrected chi connectivity index (χ1v) is 6.98. The third kappa shape index (κ3) is 1.80. The third-order valence-electron chi connectivity index (χ3n) is 4.33. The molecule has 0 saturated carbocycles. The number of esters is 1. The Kier molecular flexibility index (Phi) is 3.12. The number of hydrogen-bond donors (Lipinski definition) is 0. The lowest BCUT2D eigenvalue weighted by molar-refractivity contribution is -0.134. The summed E-state index contributed by atoms with van der Waals surface area (Å²) in [7, 11) is 1.24. The predicted octanol–water partition coefficient (Wildman–Crippen LogP) is 1.12. The molecular formula is C16H16N2O4. The Hall–Kier alpha value is -2.50. The molecule has 114 valence electrons. The minimum atomic E-state index is -1.01. The molecule has 6 nitrogen and oxygen atoms in total. The van der Waals surface area contributed by atoms with Crippen LogP contribution in [-0.4, -0.2) is 37.1 Å². The monoisotopic (exact) mass is 300 g/mol. The Morgan fingerprint density at radius 1 is 1.32 bits per heavy atom. The first-order chi connectivity index (χ1) is 10.4. The summed E-state index contributed by atoms with van der Waals surface area (Å²) in [6.07, 6.45) is 0. The number of anilines is 1. The van der Waals surface area contributed by atoms with Gasteiger partial charge in [-0.2, -0.15) is 0 Å². The molecular weight excluding hydrogens is 284 g/mol. The average molecular weight is 300 g/mol. The number of fused-ring (bicyclic) bond motifs is 1. The van der Waals surface area contributed by atoms with Crippen LogP contribution in [0.25, 0.3) is 0 Å². The van der Waals surface area contributed by atoms with Gasteiger partial charge >= 0.3 is 5.97 Å². The molecule has 0 bridgehead atoms. The van der Waals surface area contributed by atoms with Crippen LogP contribution in [0.5, 0.6) is 0 Å². The number of carbonyl (C=O) groups excluding carboxylic acids is 3. The Bertz CT molecular complexity index is 707. The van der Waals surface area contributed by atoms with Gasteiger partial charge in [-0.25, -0.2) is 9.69 Å². The zero-order valence-corrected chi connectivity index (χ0v) is 12.6. The van der Waals surface area contributed by atoms with Gasteiger partial charge in [0.25, 0.3) is 0 Å². The zero-order valence-electron chi connectivity index (χ0n) is 12.6. The van der Waals surface area contributed by atoms with Crippen molar-refractivity contribution in [3.8, 4) is 0 Å². The summed E-state index contributed by atoms with van der Waals surface area (Å²) < 4.78 is 4.68. The maximum absolute atomic E-state index is 12.7. The molecule has 0 N–H and O–H groups in total. The molecule has 1 aromatic rings. The maximum atomic E-state index is 12.7. The van der Waals surface area contributed by atoms with Crippen LogP contribution in [0.4, 0.5) is 5.69 Å². The SMILES string of the molecule is COC(=O)C1=NCC2(C)C(=O)N(c3ccc(C)cc3)C(=O)C12. The van der Waals surface area contributed by atoms with E-state index in [9.17, 15) is 14.4 Å². The maximum Gasteiger partial charge on any atom is 0.352 e. The summed E-state index contributed by atoms with van der Waals surface area (Å²) >= 11 is 0. The van der Waals surface area contributed by atoms with E-state index in [1.54, 1.807) is 19.1 Å². The minimum Gasteiger partial charge on any atom is -0.465 e. The second-order valence-corrected chi connectivity index (χ2v) is 5.86. The van der Waals surface area contributed by atoms with E-state index >= 15 is 0 Å². The fraction of sp³-hybridized carbons (Fsp3) is 0.375. The van der Waals surface area contributed by atoms with Gasteiger partial charge < -0.3 is 4.74 Å². The Morgan fingerprint density at radius 3 is 2.55 bits per heavy atom. The fourth-order valence-electron chi connectivity index (χ4n) is 3.02. The van der Waals surface area contributed by atoms with E-state index in [1.807, 2.05) is 19.1 Å². The lowest BCUT2D eigenvalue weighted by Crippen LogP contribution is -2.36. The van der Waals surface area contributed by atoms with Crippen LogP contribution in [0.1, 0.15) is 12.5 Å². The van der Waals surface area contributed by atoms with Crippen LogP contribution in [0.15, 0.2) is 29.3 Å². The number of carbonyl (C=O) groups is 3. The molecule has 0 aliphatic carbocycles. The normalized spacial score (nSPS) is 27.0. The molecule has 6 heteroatoms. The second kappa shape index (κ2) is 4.76. The van der Waals surface area contributed by atoms with Gasteiger partial charge in [-0.1, -0.05) is 17.7 Å². The Balaban J connectivity index is 2.03. The highest BCUT2D eigenvalue weighted by atomic mass is 16.5. The number of aliphatic imine (C=N–C) groups is 1. The summed E-state index contributed by atoms with van der Waals surface area (Å²) in [6, 6.07) is 7.12.